The molecule has 0 aromatic heterocycles. The number of ether oxygens (including phenoxy) is 1. The van der Waals surface area contributed by atoms with Crippen LogP contribution in [-0.2, 0) is 4.74 Å². The molecule has 0 N–H and O–H groups in total. The average Bonchev–Trinajstić information content (AvgIpc) is 1.88. The summed E-state index contributed by atoms with van der Waals surface area (Å²) in [4.78, 5) is 0. The van der Waals surface area contributed by atoms with Gasteiger partial charge in [0.15, 0.2) is 0 Å². The molecular weight excluding hydrogens is 204 g/mol. The summed E-state index contributed by atoms with van der Waals surface area (Å²) in [5, 5.41) is 1.23. The lowest BCUT2D eigenvalue weighted by Gasteiger charge is -2.21. The van der Waals surface area contributed by atoms with Gasteiger partial charge in [-0.25, -0.2) is 0 Å². The Bertz CT molecular complexity index is 67.2. The average molecular weight is 223 g/mol. The molecule has 0 heterocycles. The van der Waals surface area contributed by atoms with E-state index in [9.17, 15) is 0 Å². The van der Waals surface area contributed by atoms with Crippen LogP contribution >= 0.6 is 15.9 Å². The molecule has 0 bridgehead atoms. The highest BCUT2D eigenvalue weighted by Gasteiger charge is 2.14. The Labute approximate surface area is 78.6 Å². The van der Waals surface area contributed by atoms with Crippen LogP contribution < -0.4 is 0 Å². The number of hydrogen-bond acceptors (Lipinski definition) is 1. The molecule has 0 aromatic carbocycles. The molecule has 1 aliphatic carbocycles. The van der Waals surface area contributed by atoms with Crippen LogP contribution in [-0.4, -0.2) is 18.5 Å². The van der Waals surface area contributed by atoms with E-state index in [4.69, 9.17) is 4.74 Å². The SMILES string of the molecule is BrCC1CCC1.CCOCC. The zero-order chi connectivity index (χ0) is 8.53. The second kappa shape index (κ2) is 8.54. The summed E-state index contributed by atoms with van der Waals surface area (Å²) in [5.41, 5.74) is 0. The van der Waals surface area contributed by atoms with Crippen molar-refractivity contribution in [3.63, 3.8) is 0 Å². The number of alkyl halides is 1. The van der Waals surface area contributed by atoms with Gasteiger partial charge in [0.05, 0.1) is 0 Å². The molecule has 11 heavy (non-hydrogen) atoms. The smallest absolute Gasteiger partial charge is 0.0437 e. The highest BCUT2D eigenvalue weighted by atomic mass is 79.9. The third-order valence-electron chi connectivity index (χ3n) is 1.85. The van der Waals surface area contributed by atoms with Crippen LogP contribution in [0.25, 0.3) is 0 Å². The molecule has 0 amide bonds. The molecule has 0 aromatic rings. The van der Waals surface area contributed by atoms with Crippen LogP contribution in [0.3, 0.4) is 0 Å². The molecule has 1 fully saturated rings. The molecule has 0 spiro atoms. The van der Waals surface area contributed by atoms with Crippen LogP contribution in [0.1, 0.15) is 33.1 Å². The van der Waals surface area contributed by atoms with Crippen molar-refractivity contribution in [3.8, 4) is 0 Å². The van der Waals surface area contributed by atoms with Crippen LogP contribution in [0.4, 0.5) is 0 Å². The van der Waals surface area contributed by atoms with Gasteiger partial charge in [-0.05, 0) is 32.6 Å². The first-order valence-corrected chi connectivity index (χ1v) is 5.61. The predicted octanol–water partition coefficient (Wildman–Crippen LogP) is 3.22. The topological polar surface area (TPSA) is 9.23 Å². The van der Waals surface area contributed by atoms with Crippen molar-refractivity contribution in [2.24, 2.45) is 5.92 Å². The van der Waals surface area contributed by atoms with Gasteiger partial charge in [0.25, 0.3) is 0 Å². The summed E-state index contributed by atoms with van der Waals surface area (Å²) in [6.07, 6.45) is 4.40. The summed E-state index contributed by atoms with van der Waals surface area (Å²) in [6.45, 7) is 5.67. The van der Waals surface area contributed by atoms with Gasteiger partial charge in [0.2, 0.25) is 0 Å². The molecule has 68 valence electrons. The summed E-state index contributed by atoms with van der Waals surface area (Å²) in [7, 11) is 0. The number of hydrogen-bond donors (Lipinski definition) is 0. The van der Waals surface area contributed by atoms with Crippen molar-refractivity contribution in [2.45, 2.75) is 33.1 Å². The minimum atomic E-state index is 0.844. The Kier molecular flexibility index (Phi) is 8.88. The van der Waals surface area contributed by atoms with Crippen LogP contribution in [0.2, 0.25) is 0 Å². The van der Waals surface area contributed by atoms with Gasteiger partial charge in [-0.2, -0.15) is 0 Å². The van der Waals surface area contributed by atoms with E-state index in [-0.39, 0.29) is 0 Å². The molecule has 2 heteroatoms. The van der Waals surface area contributed by atoms with E-state index >= 15 is 0 Å². The fourth-order valence-electron chi connectivity index (χ4n) is 0.851. The summed E-state index contributed by atoms with van der Waals surface area (Å²) in [6, 6.07) is 0. The maximum Gasteiger partial charge on any atom is 0.0437 e. The van der Waals surface area contributed by atoms with Gasteiger partial charge in [0.1, 0.15) is 0 Å². The number of halogens is 1. The lowest BCUT2D eigenvalue weighted by atomic mass is 9.88. The molecule has 0 atom stereocenters. The molecule has 1 rings (SSSR count). The first-order valence-electron chi connectivity index (χ1n) is 4.48. The summed E-state index contributed by atoms with van der Waals surface area (Å²) < 4.78 is 4.83. The van der Waals surface area contributed by atoms with Crippen molar-refractivity contribution < 1.29 is 4.74 Å². The third kappa shape index (κ3) is 6.82. The van der Waals surface area contributed by atoms with Gasteiger partial charge in [0, 0.05) is 18.5 Å². The second-order valence-corrected chi connectivity index (χ2v) is 3.38. The molecule has 1 saturated carbocycles. The minimum absolute atomic E-state index is 0.844. The molecular formula is C9H19BrO. The van der Waals surface area contributed by atoms with Crippen molar-refractivity contribution >= 4 is 15.9 Å². The van der Waals surface area contributed by atoms with Crippen molar-refractivity contribution in [1.82, 2.24) is 0 Å². The molecule has 0 unspecified atom stereocenters. The van der Waals surface area contributed by atoms with Crippen LogP contribution in [0, 0.1) is 5.92 Å². The Balaban J connectivity index is 0.000000187. The zero-order valence-corrected chi connectivity index (χ0v) is 9.19. The van der Waals surface area contributed by atoms with E-state index in [1.54, 1.807) is 0 Å². The van der Waals surface area contributed by atoms with Crippen molar-refractivity contribution in [3.05, 3.63) is 0 Å². The molecule has 1 nitrogen and oxygen atoms in total. The maximum absolute atomic E-state index is 4.83. The monoisotopic (exact) mass is 222 g/mol. The molecule has 0 saturated heterocycles. The van der Waals surface area contributed by atoms with E-state index in [1.807, 2.05) is 13.8 Å². The normalized spacial score (nSPS) is 16.6. The summed E-state index contributed by atoms with van der Waals surface area (Å²) in [5.74, 6) is 1.03. The van der Waals surface area contributed by atoms with Gasteiger partial charge < -0.3 is 4.74 Å². The van der Waals surface area contributed by atoms with E-state index in [1.165, 1.54) is 24.6 Å². The highest BCUT2D eigenvalue weighted by molar-refractivity contribution is 9.09. The Hall–Kier alpha value is 0.440. The lowest BCUT2D eigenvalue weighted by Crippen LogP contribution is -2.11. The lowest BCUT2D eigenvalue weighted by molar-refractivity contribution is 0.162. The quantitative estimate of drug-likeness (QED) is 0.667. The van der Waals surface area contributed by atoms with Gasteiger partial charge in [-0.15, -0.1) is 0 Å². The third-order valence-corrected chi connectivity index (χ3v) is 2.77. The molecule has 0 radical (unpaired) electrons. The van der Waals surface area contributed by atoms with Crippen LogP contribution in [0.15, 0.2) is 0 Å². The summed E-state index contributed by atoms with van der Waals surface area (Å²) >= 11 is 3.43. The fraction of sp³-hybridized carbons (Fsp3) is 1.00. The second-order valence-electron chi connectivity index (χ2n) is 2.73. The van der Waals surface area contributed by atoms with Gasteiger partial charge in [-0.3, -0.25) is 0 Å². The van der Waals surface area contributed by atoms with Crippen molar-refractivity contribution in [2.75, 3.05) is 18.5 Å². The first kappa shape index (κ1) is 11.4. The number of rotatable bonds is 3. The minimum Gasteiger partial charge on any atom is -0.382 e. The zero-order valence-electron chi connectivity index (χ0n) is 7.61. The largest absolute Gasteiger partial charge is 0.382 e. The molecule has 1 aliphatic rings. The van der Waals surface area contributed by atoms with Crippen molar-refractivity contribution in [1.29, 1.82) is 0 Å². The van der Waals surface area contributed by atoms with E-state index < -0.39 is 0 Å². The Morgan fingerprint density at radius 2 is 1.82 bits per heavy atom. The Morgan fingerprint density at radius 1 is 1.27 bits per heavy atom. The first-order chi connectivity index (χ1) is 5.35. The fourth-order valence-corrected chi connectivity index (χ4v) is 1.50. The Morgan fingerprint density at radius 3 is 1.82 bits per heavy atom. The highest BCUT2D eigenvalue weighted by Crippen LogP contribution is 2.27. The van der Waals surface area contributed by atoms with Crippen LogP contribution in [0.5, 0.6) is 0 Å². The van der Waals surface area contributed by atoms with E-state index in [0.717, 1.165) is 19.1 Å². The predicted molar refractivity (Wildman–Crippen MR) is 53.3 cm³/mol. The molecule has 0 aliphatic heterocycles. The van der Waals surface area contributed by atoms with Gasteiger partial charge >= 0.3 is 0 Å². The maximum atomic E-state index is 4.83. The van der Waals surface area contributed by atoms with E-state index in [2.05, 4.69) is 15.9 Å². The van der Waals surface area contributed by atoms with Gasteiger partial charge in [-0.1, -0.05) is 22.4 Å². The standard InChI is InChI=1S/C5H9Br.C4H10O/c6-4-5-2-1-3-5;1-3-5-4-2/h5H,1-4H2;3-4H2,1-2H3. The van der Waals surface area contributed by atoms with E-state index in [0.29, 0.717) is 0 Å².